The lowest BCUT2D eigenvalue weighted by Gasteiger charge is -2.33. The Kier molecular flexibility index (Phi) is 8.72. The van der Waals surface area contributed by atoms with E-state index in [1.807, 2.05) is 45.0 Å². The van der Waals surface area contributed by atoms with Crippen LogP contribution in [-0.4, -0.2) is 76.4 Å². The van der Waals surface area contributed by atoms with Gasteiger partial charge in [0.25, 0.3) is 0 Å². The number of carbonyl (C=O) groups is 2. The first-order chi connectivity index (χ1) is 21.7. The third-order valence-corrected chi connectivity index (χ3v) is 8.25. The standard InChI is InChI=1S/C36H42N4O5/c1-5-40-31-12-8-7-11-29(31)30-22-26(14-15-32(30)40)24-39(35(42)45-36(2,3)4)20-21-43-34(41)38-18-16-37(17-19-38)25-28-23-27-10-6-9-13-33(27)44-28/h6-15,22-23H,5,16-21,24-25H2,1-4H3. The molecule has 0 bridgehead atoms. The molecule has 236 valence electrons. The normalized spacial score (nSPS) is 14.4. The Morgan fingerprint density at radius 2 is 1.62 bits per heavy atom. The Hall–Kier alpha value is -4.50. The number of furan rings is 1. The van der Waals surface area contributed by atoms with Gasteiger partial charge in [-0.3, -0.25) is 4.90 Å². The zero-order chi connectivity index (χ0) is 31.6. The lowest BCUT2D eigenvalue weighted by atomic mass is 10.1. The van der Waals surface area contributed by atoms with Gasteiger partial charge in [0, 0.05) is 66.5 Å². The lowest BCUT2D eigenvalue weighted by molar-refractivity contribution is 0.0164. The Bertz CT molecular complexity index is 1780. The first-order valence-corrected chi connectivity index (χ1v) is 15.8. The number of rotatable bonds is 8. The maximum absolute atomic E-state index is 13.2. The molecular weight excluding hydrogens is 568 g/mol. The largest absolute Gasteiger partial charge is 0.460 e. The highest BCUT2D eigenvalue weighted by Gasteiger charge is 2.26. The second kappa shape index (κ2) is 12.9. The molecule has 1 aliphatic rings. The van der Waals surface area contributed by atoms with E-state index in [1.54, 1.807) is 9.80 Å². The summed E-state index contributed by atoms with van der Waals surface area (Å²) in [5, 5.41) is 3.44. The summed E-state index contributed by atoms with van der Waals surface area (Å²) in [5.74, 6) is 0.921. The molecule has 2 amide bonds. The van der Waals surface area contributed by atoms with Gasteiger partial charge < -0.3 is 28.3 Å². The van der Waals surface area contributed by atoms with E-state index in [4.69, 9.17) is 13.9 Å². The molecule has 0 aliphatic carbocycles. The summed E-state index contributed by atoms with van der Waals surface area (Å²) in [7, 11) is 0. The molecular formula is C36H42N4O5. The average Bonchev–Trinajstić information content (AvgIpc) is 3.57. The van der Waals surface area contributed by atoms with Crippen molar-refractivity contribution in [1.29, 1.82) is 0 Å². The molecule has 6 rings (SSSR count). The SMILES string of the molecule is CCn1c2ccccc2c2cc(CN(CCOC(=O)N3CCN(Cc4cc5ccccc5o4)CC3)C(=O)OC(C)(C)C)ccc21. The van der Waals surface area contributed by atoms with Gasteiger partial charge in [0.1, 0.15) is 23.6 Å². The summed E-state index contributed by atoms with van der Waals surface area (Å²) in [6.07, 6.45) is -0.801. The minimum Gasteiger partial charge on any atom is -0.460 e. The number of amides is 2. The van der Waals surface area contributed by atoms with Crippen molar-refractivity contribution in [2.24, 2.45) is 0 Å². The summed E-state index contributed by atoms with van der Waals surface area (Å²) in [5.41, 5.74) is 3.59. The van der Waals surface area contributed by atoms with Gasteiger partial charge in [-0.1, -0.05) is 42.5 Å². The van der Waals surface area contributed by atoms with Crippen LogP contribution in [0.2, 0.25) is 0 Å². The number of hydrogen-bond donors (Lipinski definition) is 0. The Morgan fingerprint density at radius 1 is 0.889 bits per heavy atom. The third kappa shape index (κ3) is 6.93. The molecule has 3 aromatic carbocycles. The van der Waals surface area contributed by atoms with Crippen LogP contribution in [0.15, 0.2) is 77.2 Å². The van der Waals surface area contributed by atoms with Crippen molar-refractivity contribution in [3.63, 3.8) is 0 Å². The molecule has 2 aromatic heterocycles. The molecule has 0 atom stereocenters. The highest BCUT2D eigenvalue weighted by Crippen LogP contribution is 2.30. The zero-order valence-electron chi connectivity index (χ0n) is 26.6. The summed E-state index contributed by atoms with van der Waals surface area (Å²) in [6.45, 7) is 12.5. The summed E-state index contributed by atoms with van der Waals surface area (Å²) >= 11 is 0. The number of para-hydroxylation sites is 2. The van der Waals surface area contributed by atoms with Crippen molar-refractivity contribution in [3.05, 3.63) is 84.1 Å². The Balaban J connectivity index is 1.06. The van der Waals surface area contributed by atoms with Crippen molar-refractivity contribution >= 4 is 45.0 Å². The number of benzene rings is 3. The average molecular weight is 611 g/mol. The van der Waals surface area contributed by atoms with Gasteiger partial charge in [-0.25, -0.2) is 9.59 Å². The lowest BCUT2D eigenvalue weighted by Crippen LogP contribution is -2.48. The molecule has 0 saturated carbocycles. The molecule has 0 N–H and O–H groups in total. The van der Waals surface area contributed by atoms with Crippen LogP contribution in [-0.2, 0) is 29.1 Å². The first kappa shape index (κ1) is 30.5. The van der Waals surface area contributed by atoms with Crippen LogP contribution >= 0.6 is 0 Å². The molecule has 1 fully saturated rings. The van der Waals surface area contributed by atoms with E-state index in [9.17, 15) is 9.59 Å². The Morgan fingerprint density at radius 3 is 2.38 bits per heavy atom. The van der Waals surface area contributed by atoms with Crippen molar-refractivity contribution in [3.8, 4) is 0 Å². The van der Waals surface area contributed by atoms with Gasteiger partial charge >= 0.3 is 12.2 Å². The first-order valence-electron chi connectivity index (χ1n) is 15.8. The van der Waals surface area contributed by atoms with Crippen molar-refractivity contribution in [1.82, 2.24) is 19.3 Å². The summed E-state index contributed by atoms with van der Waals surface area (Å²) < 4.78 is 19.7. The minimum atomic E-state index is -0.646. The number of carbonyl (C=O) groups excluding carboxylic acids is 2. The van der Waals surface area contributed by atoms with Gasteiger partial charge in [-0.2, -0.15) is 0 Å². The van der Waals surface area contributed by atoms with Gasteiger partial charge in [-0.15, -0.1) is 0 Å². The number of nitrogens with zero attached hydrogens (tertiary/aromatic N) is 4. The van der Waals surface area contributed by atoms with Crippen LogP contribution in [0.25, 0.3) is 32.8 Å². The highest BCUT2D eigenvalue weighted by atomic mass is 16.6. The second-order valence-electron chi connectivity index (χ2n) is 12.6. The van der Waals surface area contributed by atoms with E-state index in [2.05, 4.69) is 64.9 Å². The maximum Gasteiger partial charge on any atom is 0.410 e. The fourth-order valence-electron chi connectivity index (χ4n) is 6.08. The van der Waals surface area contributed by atoms with Crippen LogP contribution in [0, 0.1) is 0 Å². The third-order valence-electron chi connectivity index (χ3n) is 8.25. The molecule has 0 unspecified atom stereocenters. The van der Waals surface area contributed by atoms with Gasteiger partial charge in [0.2, 0.25) is 0 Å². The number of hydrogen-bond acceptors (Lipinski definition) is 6. The van der Waals surface area contributed by atoms with Gasteiger partial charge in [-0.05, 0) is 63.6 Å². The fourth-order valence-corrected chi connectivity index (χ4v) is 6.08. The highest BCUT2D eigenvalue weighted by molar-refractivity contribution is 6.08. The van der Waals surface area contributed by atoms with E-state index in [-0.39, 0.29) is 19.2 Å². The van der Waals surface area contributed by atoms with E-state index >= 15 is 0 Å². The fraction of sp³-hybridized carbons (Fsp3) is 0.389. The van der Waals surface area contributed by atoms with Crippen LogP contribution in [0.4, 0.5) is 9.59 Å². The predicted molar refractivity (Wildman–Crippen MR) is 176 cm³/mol. The molecule has 0 spiro atoms. The quantitative estimate of drug-likeness (QED) is 0.184. The van der Waals surface area contributed by atoms with Crippen molar-refractivity contribution in [2.75, 3.05) is 39.3 Å². The van der Waals surface area contributed by atoms with Gasteiger partial charge in [0.05, 0.1) is 13.1 Å². The molecule has 9 nitrogen and oxygen atoms in total. The monoisotopic (exact) mass is 610 g/mol. The van der Waals surface area contributed by atoms with Crippen LogP contribution in [0.3, 0.4) is 0 Å². The van der Waals surface area contributed by atoms with E-state index < -0.39 is 11.7 Å². The predicted octanol–water partition coefficient (Wildman–Crippen LogP) is 7.25. The van der Waals surface area contributed by atoms with E-state index in [0.717, 1.165) is 52.8 Å². The summed E-state index contributed by atoms with van der Waals surface area (Å²) in [4.78, 5) is 31.8. The molecule has 5 aromatic rings. The Labute approximate surface area is 263 Å². The molecule has 9 heteroatoms. The number of aryl methyl sites for hydroxylation is 1. The van der Waals surface area contributed by atoms with Crippen LogP contribution in [0.5, 0.6) is 0 Å². The number of fused-ring (bicyclic) bond motifs is 4. The van der Waals surface area contributed by atoms with Crippen LogP contribution in [0.1, 0.15) is 39.0 Å². The number of aromatic nitrogens is 1. The number of piperazine rings is 1. The topological polar surface area (TPSA) is 80.4 Å². The molecule has 1 aliphatic heterocycles. The minimum absolute atomic E-state index is 0.0780. The maximum atomic E-state index is 13.2. The molecule has 45 heavy (non-hydrogen) atoms. The van der Waals surface area contributed by atoms with Crippen molar-refractivity contribution in [2.45, 2.75) is 52.9 Å². The zero-order valence-corrected chi connectivity index (χ0v) is 26.6. The van der Waals surface area contributed by atoms with Gasteiger partial charge in [0.15, 0.2) is 0 Å². The second-order valence-corrected chi connectivity index (χ2v) is 12.6. The van der Waals surface area contributed by atoms with Crippen molar-refractivity contribution < 1.29 is 23.5 Å². The van der Waals surface area contributed by atoms with E-state index in [1.165, 1.54) is 10.9 Å². The summed E-state index contributed by atoms with van der Waals surface area (Å²) in [6, 6.07) is 24.8. The van der Waals surface area contributed by atoms with E-state index in [0.29, 0.717) is 26.2 Å². The number of ether oxygens (including phenoxy) is 2. The molecule has 0 radical (unpaired) electrons. The molecule has 1 saturated heterocycles. The molecule has 3 heterocycles. The smallest absolute Gasteiger partial charge is 0.410 e. The van der Waals surface area contributed by atoms with Crippen LogP contribution < -0.4 is 0 Å².